The molecule has 3 N–H and O–H groups in total. The minimum atomic E-state index is -3.66. The molecule has 1 aromatic carbocycles. The molecule has 7 heteroatoms. The maximum Gasteiger partial charge on any atom is 0.301 e. The van der Waals surface area contributed by atoms with E-state index in [0.29, 0.717) is 19.5 Å². The first kappa shape index (κ1) is 14.9. The highest BCUT2D eigenvalue weighted by atomic mass is 32.2. The monoisotopic (exact) mass is 275 g/mol. The van der Waals surface area contributed by atoms with Crippen molar-refractivity contribution in [3.8, 4) is 0 Å². The first-order valence-electron chi connectivity index (χ1n) is 5.57. The highest BCUT2D eigenvalue weighted by Crippen LogP contribution is 2.19. The summed E-state index contributed by atoms with van der Waals surface area (Å²) in [4.78, 5) is 0. The minimum absolute atomic E-state index is 0.245. The number of nitrogens with zero attached hydrogens (tertiary/aromatic N) is 1. The lowest BCUT2D eigenvalue weighted by molar-refractivity contribution is 0.468. The molecule has 1 rings (SSSR count). The summed E-state index contributed by atoms with van der Waals surface area (Å²) in [6, 6.07) is 4.26. The van der Waals surface area contributed by atoms with E-state index in [9.17, 15) is 12.8 Å². The van der Waals surface area contributed by atoms with Crippen molar-refractivity contribution < 1.29 is 12.8 Å². The lowest BCUT2D eigenvalue weighted by atomic mass is 10.2. The van der Waals surface area contributed by atoms with Crippen LogP contribution >= 0.6 is 0 Å². The molecule has 102 valence electrons. The fourth-order valence-corrected chi connectivity index (χ4v) is 2.39. The number of nitrogens with two attached hydrogens (primary N) is 1. The average Bonchev–Trinajstić information content (AvgIpc) is 2.31. The Morgan fingerprint density at radius 1 is 1.44 bits per heavy atom. The second kappa shape index (κ2) is 6.12. The Bertz CT molecular complexity index is 505. The van der Waals surface area contributed by atoms with Gasteiger partial charge >= 0.3 is 10.2 Å². The fourth-order valence-electron chi connectivity index (χ4n) is 1.37. The molecule has 0 saturated heterocycles. The smallest absolute Gasteiger partial charge is 0.301 e. The van der Waals surface area contributed by atoms with Gasteiger partial charge in [0.1, 0.15) is 5.82 Å². The van der Waals surface area contributed by atoms with Crippen molar-refractivity contribution in [2.75, 3.05) is 24.9 Å². The average molecular weight is 275 g/mol. The Kier molecular flexibility index (Phi) is 5.06. The van der Waals surface area contributed by atoms with Crippen LogP contribution < -0.4 is 10.5 Å². The summed E-state index contributed by atoms with van der Waals surface area (Å²) in [5.74, 6) is -0.445. The molecule has 18 heavy (non-hydrogen) atoms. The van der Waals surface area contributed by atoms with Gasteiger partial charge in [0.2, 0.25) is 0 Å². The van der Waals surface area contributed by atoms with Crippen LogP contribution in [0.3, 0.4) is 0 Å². The SMILES string of the molecule is Cc1c(F)cccc1NS(=O)(=O)N(C)CCCN. The Hall–Kier alpha value is -1.18. The lowest BCUT2D eigenvalue weighted by Gasteiger charge is -2.19. The zero-order chi connectivity index (χ0) is 13.8. The molecule has 0 atom stereocenters. The first-order chi connectivity index (χ1) is 8.38. The van der Waals surface area contributed by atoms with Crippen LogP contribution in [0.15, 0.2) is 18.2 Å². The first-order valence-corrected chi connectivity index (χ1v) is 7.01. The molecule has 0 radical (unpaired) electrons. The summed E-state index contributed by atoms with van der Waals surface area (Å²) < 4.78 is 40.6. The Labute approximate surface area is 107 Å². The van der Waals surface area contributed by atoms with Crippen LogP contribution in [0, 0.1) is 12.7 Å². The maximum absolute atomic E-state index is 13.3. The van der Waals surface area contributed by atoms with Gasteiger partial charge in [0.15, 0.2) is 0 Å². The van der Waals surface area contributed by atoms with E-state index in [1.54, 1.807) is 0 Å². The van der Waals surface area contributed by atoms with Crippen LogP contribution in [0.5, 0.6) is 0 Å². The predicted octanol–water partition coefficient (Wildman–Crippen LogP) is 1.07. The van der Waals surface area contributed by atoms with Crippen molar-refractivity contribution in [3.05, 3.63) is 29.6 Å². The molecule has 0 saturated carbocycles. The van der Waals surface area contributed by atoms with E-state index in [1.165, 1.54) is 32.2 Å². The molecule has 0 aromatic heterocycles. The third-order valence-electron chi connectivity index (χ3n) is 2.59. The van der Waals surface area contributed by atoms with Gasteiger partial charge in [-0.2, -0.15) is 12.7 Å². The van der Waals surface area contributed by atoms with E-state index in [-0.39, 0.29) is 11.3 Å². The molecule has 0 heterocycles. The van der Waals surface area contributed by atoms with Crippen LogP contribution in [-0.4, -0.2) is 32.9 Å². The third-order valence-corrected chi connectivity index (χ3v) is 4.08. The van der Waals surface area contributed by atoms with Crippen molar-refractivity contribution in [2.24, 2.45) is 5.73 Å². The summed E-state index contributed by atoms with van der Waals surface area (Å²) >= 11 is 0. The van der Waals surface area contributed by atoms with Crippen molar-refractivity contribution in [1.82, 2.24) is 4.31 Å². The highest BCUT2D eigenvalue weighted by molar-refractivity contribution is 7.90. The third kappa shape index (κ3) is 3.66. The molecule has 0 fully saturated rings. The van der Waals surface area contributed by atoms with Crippen LogP contribution in [0.25, 0.3) is 0 Å². The van der Waals surface area contributed by atoms with Crippen molar-refractivity contribution in [2.45, 2.75) is 13.3 Å². The number of anilines is 1. The van der Waals surface area contributed by atoms with Gasteiger partial charge in [0.25, 0.3) is 0 Å². The largest absolute Gasteiger partial charge is 0.330 e. The summed E-state index contributed by atoms with van der Waals surface area (Å²) in [6.45, 7) is 2.26. The molecular weight excluding hydrogens is 257 g/mol. The van der Waals surface area contributed by atoms with Gasteiger partial charge < -0.3 is 5.73 Å². The molecule has 0 aliphatic rings. The zero-order valence-electron chi connectivity index (χ0n) is 10.5. The Balaban J connectivity index is 2.85. The molecule has 0 aliphatic heterocycles. The number of rotatable bonds is 6. The van der Waals surface area contributed by atoms with Gasteiger partial charge in [-0.15, -0.1) is 0 Å². The number of halogens is 1. The molecular formula is C11H18FN3O2S. The Morgan fingerprint density at radius 2 is 2.11 bits per heavy atom. The number of hydrogen-bond donors (Lipinski definition) is 2. The second-order valence-corrected chi connectivity index (χ2v) is 5.76. The number of hydrogen-bond acceptors (Lipinski definition) is 3. The van der Waals surface area contributed by atoms with Crippen LogP contribution in [0.1, 0.15) is 12.0 Å². The molecule has 0 unspecified atom stereocenters. The standard InChI is InChI=1S/C11H18FN3O2S/c1-9-10(12)5-3-6-11(9)14-18(16,17)15(2)8-4-7-13/h3,5-6,14H,4,7-8,13H2,1-2H3. The molecule has 1 aromatic rings. The van der Waals surface area contributed by atoms with Crippen molar-refractivity contribution in [3.63, 3.8) is 0 Å². The normalized spacial score (nSPS) is 11.8. The van der Waals surface area contributed by atoms with Crippen LogP contribution in [0.2, 0.25) is 0 Å². The summed E-state index contributed by atoms with van der Waals surface area (Å²) in [5, 5.41) is 0. The summed E-state index contributed by atoms with van der Waals surface area (Å²) in [7, 11) is -2.21. The summed E-state index contributed by atoms with van der Waals surface area (Å²) in [6.07, 6.45) is 0.569. The van der Waals surface area contributed by atoms with Crippen LogP contribution in [0.4, 0.5) is 10.1 Å². The van der Waals surface area contributed by atoms with Gasteiger partial charge in [0.05, 0.1) is 5.69 Å². The van der Waals surface area contributed by atoms with E-state index >= 15 is 0 Å². The molecule has 0 spiro atoms. The van der Waals surface area contributed by atoms with Gasteiger partial charge in [0, 0.05) is 19.2 Å². The fraction of sp³-hybridized carbons (Fsp3) is 0.455. The molecule has 0 amide bonds. The Morgan fingerprint density at radius 3 is 2.72 bits per heavy atom. The van der Waals surface area contributed by atoms with Gasteiger partial charge in [-0.1, -0.05) is 6.07 Å². The van der Waals surface area contributed by atoms with Crippen LogP contribution in [-0.2, 0) is 10.2 Å². The zero-order valence-corrected chi connectivity index (χ0v) is 11.3. The van der Waals surface area contributed by atoms with E-state index in [0.717, 1.165) is 4.31 Å². The number of nitrogens with one attached hydrogen (secondary N) is 1. The molecule has 0 aliphatic carbocycles. The van der Waals surface area contributed by atoms with Crippen molar-refractivity contribution >= 4 is 15.9 Å². The molecule has 0 bridgehead atoms. The quantitative estimate of drug-likeness (QED) is 0.815. The van der Waals surface area contributed by atoms with Gasteiger partial charge in [-0.3, -0.25) is 4.72 Å². The summed E-state index contributed by atoms with van der Waals surface area (Å²) in [5.41, 5.74) is 5.84. The van der Waals surface area contributed by atoms with Gasteiger partial charge in [-0.25, -0.2) is 4.39 Å². The van der Waals surface area contributed by atoms with E-state index < -0.39 is 16.0 Å². The number of benzene rings is 1. The van der Waals surface area contributed by atoms with E-state index in [2.05, 4.69) is 4.72 Å². The lowest BCUT2D eigenvalue weighted by Crippen LogP contribution is -2.34. The topological polar surface area (TPSA) is 75.4 Å². The predicted molar refractivity (Wildman–Crippen MR) is 70.0 cm³/mol. The molecule has 5 nitrogen and oxygen atoms in total. The van der Waals surface area contributed by atoms with E-state index in [1.807, 2.05) is 0 Å². The van der Waals surface area contributed by atoms with Gasteiger partial charge in [-0.05, 0) is 32.0 Å². The highest BCUT2D eigenvalue weighted by Gasteiger charge is 2.18. The minimum Gasteiger partial charge on any atom is -0.330 e. The van der Waals surface area contributed by atoms with Crippen molar-refractivity contribution in [1.29, 1.82) is 0 Å². The maximum atomic E-state index is 13.3. The second-order valence-electron chi connectivity index (χ2n) is 3.98. The van der Waals surface area contributed by atoms with E-state index in [4.69, 9.17) is 5.73 Å².